The number of rotatable bonds is 6. The Morgan fingerprint density at radius 3 is 2.08 bits per heavy atom. The molecule has 1 saturated heterocycles. The molecule has 3 aromatic carbocycles. The van der Waals surface area contributed by atoms with Gasteiger partial charge in [-0.1, -0.05) is 42.5 Å². The van der Waals surface area contributed by atoms with Crippen LogP contribution in [-0.2, 0) is 34.1 Å². The van der Waals surface area contributed by atoms with Gasteiger partial charge in [-0.05, 0) is 48.4 Å². The summed E-state index contributed by atoms with van der Waals surface area (Å²) in [5.41, 5.74) is -4.44. The summed E-state index contributed by atoms with van der Waals surface area (Å²) in [7, 11) is 0. The molecule has 204 valence electrons. The molecule has 3 aromatic rings. The van der Waals surface area contributed by atoms with Crippen LogP contribution in [0.25, 0.3) is 0 Å². The topological polar surface area (TPSA) is 41.9 Å². The van der Waals surface area contributed by atoms with Gasteiger partial charge >= 0.3 is 12.4 Å². The van der Waals surface area contributed by atoms with Crippen LogP contribution in [0, 0.1) is 5.82 Å². The number of aliphatic hydroxyl groups is 1. The second-order valence-corrected chi connectivity index (χ2v) is 8.96. The van der Waals surface area contributed by atoms with Gasteiger partial charge in [-0.25, -0.2) is 4.39 Å². The van der Waals surface area contributed by atoms with E-state index in [1.54, 1.807) is 17.0 Å². The smallest absolute Gasteiger partial charge is 0.367 e. The zero-order chi connectivity index (χ0) is 27.7. The van der Waals surface area contributed by atoms with Crippen LogP contribution in [0.5, 0.6) is 0 Å². The molecular weight excluding hydrogens is 519 g/mol. The van der Waals surface area contributed by atoms with Crippen LogP contribution >= 0.6 is 0 Å². The van der Waals surface area contributed by atoms with Gasteiger partial charge in [-0.3, -0.25) is 4.90 Å². The normalized spacial score (nSPS) is 21.9. The molecule has 1 heterocycles. The van der Waals surface area contributed by atoms with Gasteiger partial charge in [-0.15, -0.1) is 0 Å². The highest BCUT2D eigenvalue weighted by atomic mass is 19.4. The van der Waals surface area contributed by atoms with Gasteiger partial charge in [-0.2, -0.15) is 26.3 Å². The van der Waals surface area contributed by atoms with Crippen LogP contribution in [-0.4, -0.2) is 29.4 Å². The maximum absolute atomic E-state index is 13.7. The second-order valence-electron chi connectivity index (χ2n) is 8.96. The molecule has 4 nitrogen and oxygen atoms in total. The maximum Gasteiger partial charge on any atom is 0.416 e. The highest BCUT2D eigenvalue weighted by Gasteiger charge is 2.49. The molecule has 0 saturated carbocycles. The first-order valence-electron chi connectivity index (χ1n) is 11.6. The maximum atomic E-state index is 13.7. The number of hydrogen-bond acceptors (Lipinski definition) is 4. The molecule has 0 spiro atoms. The number of halogens is 7. The summed E-state index contributed by atoms with van der Waals surface area (Å²) in [6, 6.07) is 15.1. The van der Waals surface area contributed by atoms with Gasteiger partial charge in [0.05, 0.1) is 23.8 Å². The molecule has 1 aliphatic heterocycles. The summed E-state index contributed by atoms with van der Waals surface area (Å²) >= 11 is 0. The van der Waals surface area contributed by atoms with Crippen molar-refractivity contribution < 1.29 is 45.3 Å². The van der Waals surface area contributed by atoms with Crippen LogP contribution in [0.15, 0.2) is 72.8 Å². The summed E-state index contributed by atoms with van der Waals surface area (Å²) in [6.07, 6.45) is -13.0. The number of morpholine rings is 1. The van der Waals surface area contributed by atoms with Gasteiger partial charge in [0, 0.05) is 18.7 Å². The Morgan fingerprint density at radius 1 is 0.947 bits per heavy atom. The number of alkyl halides is 6. The van der Waals surface area contributed by atoms with Crippen molar-refractivity contribution in [3.05, 3.63) is 106 Å². The van der Waals surface area contributed by atoms with E-state index in [1.165, 1.54) is 19.1 Å². The van der Waals surface area contributed by atoms with Gasteiger partial charge < -0.3 is 14.6 Å². The van der Waals surface area contributed by atoms with E-state index >= 15 is 0 Å². The Balaban J connectivity index is 1.71. The van der Waals surface area contributed by atoms with Crippen molar-refractivity contribution in [3.8, 4) is 0 Å². The average Bonchev–Trinajstić information content (AvgIpc) is 2.86. The third kappa shape index (κ3) is 6.01. The lowest BCUT2D eigenvalue weighted by Crippen LogP contribution is -2.60. The van der Waals surface area contributed by atoms with Crippen molar-refractivity contribution in [2.45, 2.75) is 43.9 Å². The molecule has 11 heteroatoms. The lowest BCUT2D eigenvalue weighted by molar-refractivity contribution is -0.337. The van der Waals surface area contributed by atoms with Gasteiger partial charge in [0.1, 0.15) is 5.82 Å². The first kappa shape index (κ1) is 28.0. The van der Waals surface area contributed by atoms with E-state index in [9.17, 15) is 35.8 Å². The predicted molar refractivity (Wildman–Crippen MR) is 123 cm³/mol. The fourth-order valence-electron chi connectivity index (χ4n) is 4.33. The van der Waals surface area contributed by atoms with Crippen molar-refractivity contribution in [2.75, 3.05) is 13.2 Å². The van der Waals surface area contributed by atoms with Crippen molar-refractivity contribution in [1.29, 1.82) is 0 Å². The third-order valence-corrected chi connectivity index (χ3v) is 6.33. The molecule has 0 unspecified atom stereocenters. The van der Waals surface area contributed by atoms with E-state index in [0.717, 1.165) is 17.7 Å². The van der Waals surface area contributed by atoms with Crippen LogP contribution < -0.4 is 0 Å². The van der Waals surface area contributed by atoms with Crippen molar-refractivity contribution in [1.82, 2.24) is 4.90 Å². The third-order valence-electron chi connectivity index (χ3n) is 6.33. The molecule has 0 radical (unpaired) electrons. The number of benzene rings is 3. The molecule has 0 amide bonds. The van der Waals surface area contributed by atoms with Crippen LogP contribution in [0.3, 0.4) is 0 Å². The first-order valence-corrected chi connectivity index (χ1v) is 11.6. The molecular formula is C27H24F7NO3. The molecule has 0 aliphatic carbocycles. The second kappa shape index (κ2) is 10.6. The first-order chi connectivity index (χ1) is 17.8. The Bertz CT molecular complexity index is 1200. The number of hydrogen-bond donors (Lipinski definition) is 1. The van der Waals surface area contributed by atoms with E-state index in [-0.39, 0.29) is 31.3 Å². The van der Waals surface area contributed by atoms with Crippen molar-refractivity contribution in [2.24, 2.45) is 0 Å². The van der Waals surface area contributed by atoms with Gasteiger partial charge in [0.15, 0.2) is 5.72 Å². The zero-order valence-corrected chi connectivity index (χ0v) is 20.1. The van der Waals surface area contributed by atoms with Crippen molar-refractivity contribution >= 4 is 0 Å². The molecule has 1 N–H and O–H groups in total. The largest absolute Gasteiger partial charge is 0.416 e. The van der Waals surface area contributed by atoms with E-state index in [1.807, 2.05) is 18.2 Å². The summed E-state index contributed by atoms with van der Waals surface area (Å²) < 4.78 is 105. The quantitative estimate of drug-likeness (QED) is 0.354. The number of ether oxygens (including phenoxy) is 2. The lowest BCUT2D eigenvalue weighted by atomic mass is 9.97. The summed E-state index contributed by atoms with van der Waals surface area (Å²) in [5.74, 6) is -0.571. The van der Waals surface area contributed by atoms with Crippen LogP contribution in [0.2, 0.25) is 0 Å². The standard InChI is InChI=1S/C27H24F7NO3/c1-17(19-13-21(26(29,30)31)15-22(14-19)27(32,33)34)38-24-25(36,20-7-9-23(28)10-8-20)35(11-12-37-24)16-18-5-3-2-4-6-18/h2-10,13-15,17,24,36H,11-12,16H2,1H3/t17-,24-,25-/m1/s1. The van der Waals surface area contributed by atoms with E-state index < -0.39 is 53.0 Å². The monoisotopic (exact) mass is 543 g/mol. The predicted octanol–water partition coefficient (Wildman–Crippen LogP) is 6.64. The average molecular weight is 543 g/mol. The van der Waals surface area contributed by atoms with E-state index in [2.05, 4.69) is 0 Å². The van der Waals surface area contributed by atoms with E-state index in [0.29, 0.717) is 12.1 Å². The molecule has 1 fully saturated rings. The van der Waals surface area contributed by atoms with Crippen LogP contribution in [0.4, 0.5) is 30.7 Å². The van der Waals surface area contributed by atoms with Crippen molar-refractivity contribution in [3.63, 3.8) is 0 Å². The van der Waals surface area contributed by atoms with E-state index in [4.69, 9.17) is 9.47 Å². The fourth-order valence-corrected chi connectivity index (χ4v) is 4.33. The highest BCUT2D eigenvalue weighted by Crippen LogP contribution is 2.41. The van der Waals surface area contributed by atoms with Gasteiger partial charge in [0.25, 0.3) is 0 Å². The number of nitrogens with zero attached hydrogens (tertiary/aromatic N) is 1. The summed E-state index contributed by atoms with van der Waals surface area (Å²) in [6.45, 7) is 1.72. The fraction of sp³-hybridized carbons (Fsp3) is 0.333. The Hall–Kier alpha value is -2.99. The minimum Gasteiger partial charge on any atom is -0.367 e. The minimum absolute atomic E-state index is 0.0315. The highest BCUT2D eigenvalue weighted by molar-refractivity contribution is 5.35. The Kier molecular flexibility index (Phi) is 7.85. The zero-order valence-electron chi connectivity index (χ0n) is 20.1. The summed E-state index contributed by atoms with van der Waals surface area (Å²) in [4.78, 5) is 1.60. The molecule has 0 aromatic heterocycles. The minimum atomic E-state index is -5.03. The summed E-state index contributed by atoms with van der Waals surface area (Å²) in [5, 5.41) is 12.0. The Morgan fingerprint density at radius 2 is 1.53 bits per heavy atom. The molecule has 1 aliphatic rings. The molecule has 3 atom stereocenters. The lowest BCUT2D eigenvalue weighted by Gasteiger charge is -2.48. The SMILES string of the molecule is C[C@@H](O[C@H]1OCCN(Cc2ccccc2)[C@@]1(O)c1ccc(F)cc1)c1cc(C(F)(F)F)cc(C(F)(F)F)c1. The van der Waals surface area contributed by atoms with Crippen LogP contribution in [0.1, 0.15) is 40.8 Å². The van der Waals surface area contributed by atoms with Gasteiger partial charge in [0.2, 0.25) is 6.29 Å². The Labute approximate surface area is 214 Å². The molecule has 4 rings (SSSR count). The molecule has 38 heavy (non-hydrogen) atoms. The molecule has 0 bridgehead atoms.